The third kappa shape index (κ3) is 5.53. The molecule has 0 heterocycles. The minimum absolute atomic E-state index is 0. The summed E-state index contributed by atoms with van der Waals surface area (Å²) in [6.45, 7) is 6.70. The van der Waals surface area contributed by atoms with Gasteiger partial charge in [-0.1, -0.05) is 38.1 Å². The third-order valence-corrected chi connectivity index (χ3v) is 2.47. The molecule has 88 valence electrons. The van der Waals surface area contributed by atoms with Crippen LogP contribution in [0.1, 0.15) is 37.6 Å². The Bertz CT molecular complexity index is 355. The van der Waals surface area contributed by atoms with Gasteiger partial charge in [0.1, 0.15) is 0 Å². The fraction of sp³-hybridized carbons (Fsp3) is 0.462. The number of rotatable bonds is 5. The maximum atomic E-state index is 11.9. The molecule has 0 radical (unpaired) electrons. The largest absolute Gasteiger partial charge is 1.00 e. The smallest absolute Gasteiger partial charge is 0.684 e. The van der Waals surface area contributed by atoms with Crippen LogP contribution in [-0.2, 0) is 0 Å². The van der Waals surface area contributed by atoms with Crippen LogP contribution in [0.15, 0.2) is 24.3 Å². The van der Waals surface area contributed by atoms with Crippen molar-refractivity contribution in [1.82, 2.24) is 5.32 Å². The van der Waals surface area contributed by atoms with E-state index in [0.717, 1.165) is 12.1 Å². The van der Waals surface area contributed by atoms with Crippen LogP contribution in [0, 0.1) is 0 Å². The number of hydrogen-bond donors (Lipinski definition) is 1. The topological polar surface area (TPSA) is 43.2 Å². The zero-order valence-electron chi connectivity index (χ0n) is 11.2. The molecule has 0 aliphatic carbocycles. The van der Waals surface area contributed by atoms with Crippen molar-refractivity contribution in [3.05, 3.63) is 35.1 Å². The summed E-state index contributed by atoms with van der Waals surface area (Å²) in [4.78, 5) is 11.9. The minimum Gasteiger partial charge on any atom is -0.684 e. The van der Waals surface area contributed by atoms with Crippen molar-refractivity contribution in [3.63, 3.8) is 0 Å². The summed E-state index contributed by atoms with van der Waals surface area (Å²) in [6.07, 6.45) is 0.929. The molecule has 1 N–H and O–H groups in total. The Morgan fingerprint density at radius 1 is 1.35 bits per heavy atom. The molecule has 0 saturated carbocycles. The van der Waals surface area contributed by atoms with E-state index in [2.05, 4.69) is 10.6 Å². The van der Waals surface area contributed by atoms with Gasteiger partial charge in [0.15, 0.2) is 0 Å². The summed E-state index contributed by atoms with van der Waals surface area (Å²) >= 11 is 0. The van der Waals surface area contributed by atoms with Crippen LogP contribution in [-0.4, -0.2) is 18.5 Å². The molecule has 0 aliphatic rings. The van der Waals surface area contributed by atoms with Crippen LogP contribution in [0.4, 0.5) is 5.69 Å². The summed E-state index contributed by atoms with van der Waals surface area (Å²) in [5.41, 5.74) is 1.43. The molecule has 1 aromatic rings. The summed E-state index contributed by atoms with van der Waals surface area (Å²) in [5, 5.41) is 7.25. The van der Waals surface area contributed by atoms with Gasteiger partial charge in [-0.05, 0) is 13.3 Å². The van der Waals surface area contributed by atoms with Gasteiger partial charge in [0, 0.05) is 11.6 Å². The van der Waals surface area contributed by atoms with Crippen molar-refractivity contribution in [2.75, 3.05) is 6.54 Å². The van der Waals surface area contributed by atoms with E-state index in [1.807, 2.05) is 45.0 Å². The van der Waals surface area contributed by atoms with E-state index in [1.165, 1.54) is 0 Å². The van der Waals surface area contributed by atoms with Gasteiger partial charge in [-0.3, -0.25) is 4.79 Å². The van der Waals surface area contributed by atoms with Crippen LogP contribution in [0.3, 0.4) is 0 Å². The molecule has 1 atom stereocenters. The molecular formula is C13H19KN2O. The van der Waals surface area contributed by atoms with Crippen LogP contribution < -0.4 is 56.7 Å². The summed E-state index contributed by atoms with van der Waals surface area (Å²) in [7, 11) is 0. The van der Waals surface area contributed by atoms with Crippen molar-refractivity contribution < 1.29 is 56.2 Å². The van der Waals surface area contributed by atoms with E-state index in [9.17, 15) is 4.79 Å². The Balaban J connectivity index is 0.00000256. The molecule has 0 spiro atoms. The zero-order chi connectivity index (χ0) is 12.0. The Kier molecular flexibility index (Phi) is 9.18. The fourth-order valence-corrected chi connectivity index (χ4v) is 1.38. The van der Waals surface area contributed by atoms with Crippen molar-refractivity contribution >= 4 is 11.6 Å². The van der Waals surface area contributed by atoms with Gasteiger partial charge in [0.05, 0.1) is 0 Å². The Hall–Kier alpha value is 0.126. The first-order valence-corrected chi connectivity index (χ1v) is 5.76. The second kappa shape index (κ2) is 9.11. The van der Waals surface area contributed by atoms with E-state index < -0.39 is 0 Å². The summed E-state index contributed by atoms with van der Waals surface area (Å²) < 4.78 is 0. The Labute approximate surface area is 146 Å². The number of nitrogens with zero attached hydrogens (tertiary/aromatic N) is 1. The normalized spacial score (nSPS) is 11.2. The first-order chi connectivity index (χ1) is 7.69. The summed E-state index contributed by atoms with van der Waals surface area (Å²) in [6, 6.07) is 7.64. The van der Waals surface area contributed by atoms with Gasteiger partial charge >= 0.3 is 51.4 Å². The molecule has 3 nitrogen and oxygen atoms in total. The van der Waals surface area contributed by atoms with Crippen molar-refractivity contribution in [2.45, 2.75) is 33.2 Å². The predicted molar refractivity (Wildman–Crippen MR) is 67.2 cm³/mol. The third-order valence-electron chi connectivity index (χ3n) is 2.47. The number of hydrogen-bond acceptors (Lipinski definition) is 1. The van der Waals surface area contributed by atoms with Gasteiger partial charge in [0.25, 0.3) is 0 Å². The maximum Gasteiger partial charge on any atom is 1.00 e. The average molecular weight is 258 g/mol. The maximum absolute atomic E-state index is 11.9. The van der Waals surface area contributed by atoms with Gasteiger partial charge in [-0.2, -0.15) is 0 Å². The molecule has 1 amide bonds. The molecule has 0 saturated heterocycles. The number of amides is 1. The van der Waals surface area contributed by atoms with Gasteiger partial charge in [-0.25, -0.2) is 0 Å². The SMILES string of the molecule is CC[N-]c1ccccc1C(=O)NC(C)CC.[K+]. The molecule has 0 aromatic heterocycles. The Morgan fingerprint density at radius 2 is 2.00 bits per heavy atom. The molecule has 1 aromatic carbocycles. The van der Waals surface area contributed by atoms with E-state index in [0.29, 0.717) is 12.1 Å². The monoisotopic (exact) mass is 258 g/mol. The van der Waals surface area contributed by atoms with Gasteiger partial charge in [-0.15, -0.1) is 12.2 Å². The number of para-hydroxylation sites is 1. The predicted octanol–water partition coefficient (Wildman–Crippen LogP) is 0.244. The van der Waals surface area contributed by atoms with Crippen molar-refractivity contribution in [1.29, 1.82) is 0 Å². The van der Waals surface area contributed by atoms with E-state index in [1.54, 1.807) is 0 Å². The standard InChI is InChI=1S/C13H20N2O.K/c1-4-10(3)15-13(16)11-8-6-7-9-12(11)14-5-2;/h6-10H,4-5H2,1-3H3,(H2,14,15,16);/q;+1/p-1. The second-order valence-corrected chi connectivity index (χ2v) is 3.77. The average Bonchev–Trinajstić information content (AvgIpc) is 2.30. The van der Waals surface area contributed by atoms with E-state index in [-0.39, 0.29) is 63.3 Å². The fourth-order valence-electron chi connectivity index (χ4n) is 1.38. The number of carbonyl (C=O) groups is 1. The quantitative estimate of drug-likeness (QED) is 0.756. The number of nitrogens with one attached hydrogen (secondary N) is 1. The molecule has 17 heavy (non-hydrogen) atoms. The van der Waals surface area contributed by atoms with Crippen LogP contribution >= 0.6 is 0 Å². The summed E-state index contributed by atoms with van der Waals surface area (Å²) in [5.74, 6) is -0.0397. The van der Waals surface area contributed by atoms with Crippen LogP contribution in [0.25, 0.3) is 5.32 Å². The molecule has 0 fully saturated rings. The molecule has 1 rings (SSSR count). The second-order valence-electron chi connectivity index (χ2n) is 3.77. The molecular weight excluding hydrogens is 239 g/mol. The number of carbonyl (C=O) groups excluding carboxylic acids is 1. The Morgan fingerprint density at radius 3 is 2.59 bits per heavy atom. The molecule has 1 unspecified atom stereocenters. The van der Waals surface area contributed by atoms with E-state index in [4.69, 9.17) is 0 Å². The molecule has 0 aliphatic heterocycles. The van der Waals surface area contributed by atoms with Crippen molar-refractivity contribution in [3.8, 4) is 0 Å². The van der Waals surface area contributed by atoms with Crippen LogP contribution in [0.5, 0.6) is 0 Å². The number of benzene rings is 1. The van der Waals surface area contributed by atoms with Gasteiger partial charge < -0.3 is 10.6 Å². The molecule has 4 heteroatoms. The first kappa shape index (κ1) is 17.1. The first-order valence-electron chi connectivity index (χ1n) is 5.76. The van der Waals surface area contributed by atoms with Crippen LogP contribution in [0.2, 0.25) is 0 Å². The van der Waals surface area contributed by atoms with Crippen molar-refractivity contribution in [2.24, 2.45) is 0 Å². The zero-order valence-corrected chi connectivity index (χ0v) is 14.3. The minimum atomic E-state index is -0.0397. The van der Waals surface area contributed by atoms with E-state index >= 15 is 0 Å². The molecule has 0 bridgehead atoms. The van der Waals surface area contributed by atoms with Gasteiger partial charge in [0.2, 0.25) is 5.91 Å².